The van der Waals surface area contributed by atoms with Crippen LogP contribution in [-0.4, -0.2) is 62.6 Å². The van der Waals surface area contributed by atoms with Gasteiger partial charge in [-0.15, -0.1) is 0 Å². The van der Waals surface area contributed by atoms with Gasteiger partial charge in [0.1, 0.15) is 18.0 Å². The zero-order valence-electron chi connectivity index (χ0n) is 11.2. The van der Waals surface area contributed by atoms with Gasteiger partial charge < -0.3 is 19.1 Å². The molecule has 0 spiro atoms. The molecule has 0 aromatic carbocycles. The molecule has 0 N–H and O–H groups in total. The smallest absolute Gasteiger partial charge is 0.358 e. The number of aromatic nitrogens is 2. The fraction of sp³-hybridized carbons (Fsp3) is 0.583. The fourth-order valence-electron chi connectivity index (χ4n) is 2.08. The van der Waals surface area contributed by atoms with E-state index in [9.17, 15) is 4.79 Å². The van der Waals surface area contributed by atoms with Gasteiger partial charge >= 0.3 is 5.97 Å². The maximum atomic E-state index is 11.3. The summed E-state index contributed by atoms with van der Waals surface area (Å²) in [7, 11) is 4.63. The molecule has 1 aliphatic heterocycles. The van der Waals surface area contributed by atoms with Crippen LogP contribution in [0.25, 0.3) is 0 Å². The Kier molecular flexibility index (Phi) is 4.28. The molecule has 1 aromatic rings. The molecule has 0 aliphatic carbocycles. The lowest BCUT2D eigenvalue weighted by atomic mass is 10.3. The number of hydrogen-bond donors (Lipinski definition) is 0. The molecule has 0 saturated carbocycles. The Labute approximate surface area is 111 Å². The third kappa shape index (κ3) is 2.82. The predicted octanol–water partition coefficient (Wildman–Crippen LogP) is 0.113. The van der Waals surface area contributed by atoms with E-state index in [4.69, 9.17) is 9.47 Å². The monoisotopic (exact) mass is 267 g/mol. The number of carbonyl (C=O) groups excluding carboxylic acids is 1. The van der Waals surface area contributed by atoms with Crippen molar-refractivity contribution >= 4 is 11.8 Å². The number of ether oxygens (including phenoxy) is 3. The standard InChI is InChI=1S/C12H17N3O4/c1-17-9-6-15(7-10(9)18-2)11-5-13-8(4-14-11)12(16)19-3/h4-5,9-10H,6-7H2,1-3H3. The molecule has 0 bridgehead atoms. The van der Waals surface area contributed by atoms with Gasteiger partial charge in [0.25, 0.3) is 0 Å². The first-order chi connectivity index (χ1) is 9.19. The van der Waals surface area contributed by atoms with E-state index in [1.54, 1.807) is 20.4 Å². The lowest BCUT2D eigenvalue weighted by molar-refractivity contribution is -0.00461. The van der Waals surface area contributed by atoms with E-state index in [0.717, 1.165) is 0 Å². The van der Waals surface area contributed by atoms with Crippen LogP contribution in [0, 0.1) is 0 Å². The van der Waals surface area contributed by atoms with Crippen molar-refractivity contribution in [1.29, 1.82) is 0 Å². The summed E-state index contributed by atoms with van der Waals surface area (Å²) in [5.41, 5.74) is 0.192. The minimum absolute atomic E-state index is 0.00656. The van der Waals surface area contributed by atoms with E-state index >= 15 is 0 Å². The van der Waals surface area contributed by atoms with Crippen LogP contribution < -0.4 is 4.90 Å². The molecule has 2 atom stereocenters. The van der Waals surface area contributed by atoms with Crippen molar-refractivity contribution in [3.8, 4) is 0 Å². The van der Waals surface area contributed by atoms with Crippen molar-refractivity contribution in [2.75, 3.05) is 39.3 Å². The van der Waals surface area contributed by atoms with E-state index in [1.807, 2.05) is 4.90 Å². The molecule has 19 heavy (non-hydrogen) atoms. The van der Waals surface area contributed by atoms with Crippen molar-refractivity contribution in [3.63, 3.8) is 0 Å². The highest BCUT2D eigenvalue weighted by atomic mass is 16.5. The van der Waals surface area contributed by atoms with Crippen LogP contribution in [0.1, 0.15) is 10.5 Å². The van der Waals surface area contributed by atoms with Gasteiger partial charge in [0, 0.05) is 27.3 Å². The number of esters is 1. The Bertz CT molecular complexity index is 425. The van der Waals surface area contributed by atoms with Crippen molar-refractivity contribution < 1.29 is 19.0 Å². The minimum Gasteiger partial charge on any atom is -0.464 e. The van der Waals surface area contributed by atoms with Crippen LogP contribution in [0.5, 0.6) is 0 Å². The Morgan fingerprint density at radius 2 is 1.79 bits per heavy atom. The molecule has 1 aliphatic rings. The summed E-state index contributed by atoms with van der Waals surface area (Å²) in [5, 5.41) is 0. The number of hydrogen-bond acceptors (Lipinski definition) is 7. The molecule has 2 heterocycles. The zero-order chi connectivity index (χ0) is 13.8. The van der Waals surface area contributed by atoms with Gasteiger partial charge in [-0.1, -0.05) is 0 Å². The van der Waals surface area contributed by atoms with Crippen molar-refractivity contribution in [2.45, 2.75) is 12.2 Å². The first-order valence-electron chi connectivity index (χ1n) is 5.90. The first-order valence-corrected chi connectivity index (χ1v) is 5.90. The van der Waals surface area contributed by atoms with Crippen LogP contribution in [0.15, 0.2) is 12.4 Å². The van der Waals surface area contributed by atoms with E-state index in [-0.39, 0.29) is 17.9 Å². The third-order valence-electron chi connectivity index (χ3n) is 3.18. The quantitative estimate of drug-likeness (QED) is 0.717. The molecule has 7 nitrogen and oxygen atoms in total. The zero-order valence-corrected chi connectivity index (χ0v) is 11.2. The number of methoxy groups -OCH3 is 3. The van der Waals surface area contributed by atoms with E-state index in [1.165, 1.54) is 13.3 Å². The van der Waals surface area contributed by atoms with Crippen molar-refractivity contribution in [2.24, 2.45) is 0 Å². The largest absolute Gasteiger partial charge is 0.464 e. The molecule has 2 rings (SSSR count). The molecule has 0 amide bonds. The highest BCUT2D eigenvalue weighted by molar-refractivity contribution is 5.86. The first kappa shape index (κ1) is 13.7. The molecule has 2 unspecified atom stereocenters. The summed E-state index contributed by atoms with van der Waals surface area (Å²) in [6.07, 6.45) is 2.97. The second-order valence-corrected chi connectivity index (χ2v) is 4.20. The normalized spacial score (nSPS) is 22.6. The Morgan fingerprint density at radius 1 is 1.16 bits per heavy atom. The maximum absolute atomic E-state index is 11.3. The summed E-state index contributed by atoms with van der Waals surface area (Å²) in [5.74, 6) is 0.194. The summed E-state index contributed by atoms with van der Waals surface area (Å²) >= 11 is 0. The number of nitrogens with zero attached hydrogens (tertiary/aromatic N) is 3. The molecule has 1 fully saturated rings. The summed E-state index contributed by atoms with van der Waals surface area (Å²) in [6.45, 7) is 1.36. The third-order valence-corrected chi connectivity index (χ3v) is 3.18. The van der Waals surface area contributed by atoms with Crippen molar-refractivity contribution in [3.05, 3.63) is 18.1 Å². The van der Waals surface area contributed by atoms with Gasteiger partial charge in [-0.05, 0) is 0 Å². The SMILES string of the molecule is COC(=O)c1cnc(N2CC(OC)C(OC)C2)cn1. The summed E-state index contributed by atoms with van der Waals surface area (Å²) < 4.78 is 15.3. The molecule has 0 radical (unpaired) electrons. The second kappa shape index (κ2) is 5.94. The Hall–Kier alpha value is -1.73. The van der Waals surface area contributed by atoms with Gasteiger partial charge in [-0.25, -0.2) is 14.8 Å². The molecule has 7 heteroatoms. The minimum atomic E-state index is -0.495. The van der Waals surface area contributed by atoms with E-state index in [0.29, 0.717) is 18.9 Å². The Morgan fingerprint density at radius 3 is 2.21 bits per heavy atom. The van der Waals surface area contributed by atoms with Crippen LogP contribution in [-0.2, 0) is 14.2 Å². The van der Waals surface area contributed by atoms with Gasteiger partial charge in [0.2, 0.25) is 0 Å². The molecule has 1 aromatic heterocycles. The van der Waals surface area contributed by atoms with Crippen molar-refractivity contribution in [1.82, 2.24) is 9.97 Å². The summed E-state index contributed by atoms with van der Waals surface area (Å²) in [4.78, 5) is 21.5. The Balaban J connectivity index is 2.09. The van der Waals surface area contributed by atoms with E-state index in [2.05, 4.69) is 14.7 Å². The topological polar surface area (TPSA) is 73.8 Å². The maximum Gasteiger partial charge on any atom is 0.358 e. The average molecular weight is 267 g/mol. The highest BCUT2D eigenvalue weighted by Gasteiger charge is 2.33. The predicted molar refractivity (Wildman–Crippen MR) is 67.2 cm³/mol. The van der Waals surface area contributed by atoms with Gasteiger partial charge in [0.15, 0.2) is 5.69 Å². The highest BCUT2D eigenvalue weighted by Crippen LogP contribution is 2.21. The molecular weight excluding hydrogens is 250 g/mol. The van der Waals surface area contributed by atoms with E-state index < -0.39 is 5.97 Å². The number of carbonyl (C=O) groups is 1. The fourth-order valence-corrected chi connectivity index (χ4v) is 2.08. The molecular formula is C12H17N3O4. The van der Waals surface area contributed by atoms with Gasteiger partial charge in [-0.2, -0.15) is 0 Å². The molecule has 1 saturated heterocycles. The van der Waals surface area contributed by atoms with Crippen LogP contribution in [0.3, 0.4) is 0 Å². The molecule has 104 valence electrons. The number of anilines is 1. The van der Waals surface area contributed by atoms with Crippen LogP contribution in [0.2, 0.25) is 0 Å². The average Bonchev–Trinajstić information content (AvgIpc) is 2.89. The van der Waals surface area contributed by atoms with Gasteiger partial charge in [0.05, 0.1) is 19.5 Å². The lowest BCUT2D eigenvalue weighted by Gasteiger charge is -2.16. The summed E-state index contributed by atoms with van der Waals surface area (Å²) in [6, 6.07) is 0. The van der Waals surface area contributed by atoms with Crippen LogP contribution >= 0.6 is 0 Å². The lowest BCUT2D eigenvalue weighted by Crippen LogP contribution is -2.27. The van der Waals surface area contributed by atoms with Gasteiger partial charge in [-0.3, -0.25) is 0 Å². The van der Waals surface area contributed by atoms with Crippen LogP contribution in [0.4, 0.5) is 5.82 Å². The second-order valence-electron chi connectivity index (χ2n) is 4.20. The number of rotatable bonds is 4.